The zero-order chi connectivity index (χ0) is 16.9. The van der Waals surface area contributed by atoms with Gasteiger partial charge in [0.1, 0.15) is 18.2 Å². The first-order valence-corrected chi connectivity index (χ1v) is 8.92. The van der Waals surface area contributed by atoms with E-state index in [9.17, 15) is 5.11 Å². The molecule has 0 aliphatic carbocycles. The number of likely N-dealkylation sites (tertiary alicyclic amines) is 1. The lowest BCUT2D eigenvalue weighted by molar-refractivity contribution is -0.930. The normalized spacial score (nSPS) is 22.0. The van der Waals surface area contributed by atoms with Gasteiger partial charge in [-0.1, -0.05) is 39.7 Å². The Balaban J connectivity index is 2.10. The summed E-state index contributed by atoms with van der Waals surface area (Å²) in [4.78, 5) is 5.78. The fourth-order valence-electron chi connectivity index (χ4n) is 3.53. The van der Waals surface area contributed by atoms with E-state index < -0.39 is 5.60 Å². The van der Waals surface area contributed by atoms with Crippen molar-refractivity contribution >= 4 is 0 Å². The molecule has 2 heterocycles. The number of aliphatic hydroxyl groups is 1. The highest BCUT2D eigenvalue weighted by Gasteiger charge is 2.33. The molecule has 23 heavy (non-hydrogen) atoms. The predicted molar refractivity (Wildman–Crippen MR) is 93.9 cm³/mol. The van der Waals surface area contributed by atoms with Crippen molar-refractivity contribution in [3.8, 4) is 11.8 Å². The van der Waals surface area contributed by atoms with Gasteiger partial charge < -0.3 is 10.0 Å². The zero-order valence-corrected chi connectivity index (χ0v) is 15.0. The van der Waals surface area contributed by atoms with Crippen LogP contribution in [0.5, 0.6) is 0 Å². The molecule has 1 aromatic heterocycles. The molecule has 0 amide bonds. The molecule has 1 fully saturated rings. The average molecular weight is 315 g/mol. The number of quaternary nitrogens is 1. The van der Waals surface area contributed by atoms with Gasteiger partial charge in [-0.3, -0.25) is 4.98 Å². The molecule has 1 aliphatic heterocycles. The first kappa shape index (κ1) is 18.0. The lowest BCUT2D eigenvalue weighted by Gasteiger charge is -2.32. The number of hydrogen-bond donors (Lipinski definition) is 2. The number of aromatic nitrogens is 1. The monoisotopic (exact) mass is 315 g/mol. The van der Waals surface area contributed by atoms with E-state index in [1.54, 1.807) is 0 Å². The molecule has 3 nitrogen and oxygen atoms in total. The highest BCUT2D eigenvalue weighted by Crippen LogP contribution is 2.25. The van der Waals surface area contributed by atoms with Crippen molar-refractivity contribution in [2.75, 3.05) is 13.1 Å². The lowest BCUT2D eigenvalue weighted by atomic mass is 9.81. The number of pyridine rings is 1. The third kappa shape index (κ3) is 4.34. The van der Waals surface area contributed by atoms with E-state index >= 15 is 0 Å². The van der Waals surface area contributed by atoms with Crippen molar-refractivity contribution in [1.29, 1.82) is 0 Å². The molecular weight excluding hydrogens is 284 g/mol. The summed E-state index contributed by atoms with van der Waals surface area (Å²) < 4.78 is 0. The maximum Gasteiger partial charge on any atom is 0.139 e. The van der Waals surface area contributed by atoms with Gasteiger partial charge in [0.25, 0.3) is 0 Å². The summed E-state index contributed by atoms with van der Waals surface area (Å²) in [5, 5.41) is 10.8. The molecule has 0 aromatic carbocycles. The van der Waals surface area contributed by atoms with Gasteiger partial charge in [-0.2, -0.15) is 0 Å². The molecule has 126 valence electrons. The maximum atomic E-state index is 10.8. The highest BCUT2D eigenvalue weighted by molar-refractivity contribution is 5.17. The molecular formula is C20H31N2O+. The van der Waals surface area contributed by atoms with Crippen LogP contribution in [-0.4, -0.2) is 28.8 Å². The Morgan fingerprint density at radius 1 is 1.30 bits per heavy atom. The van der Waals surface area contributed by atoms with Crippen LogP contribution in [0.3, 0.4) is 0 Å². The van der Waals surface area contributed by atoms with Crippen molar-refractivity contribution in [3.63, 3.8) is 0 Å². The molecule has 3 heteroatoms. The number of nitrogens with one attached hydrogen (secondary N) is 1. The lowest BCUT2D eigenvalue weighted by Crippen LogP contribution is -3.13. The molecule has 0 bridgehead atoms. The van der Waals surface area contributed by atoms with E-state index in [0.29, 0.717) is 6.04 Å². The second-order valence-electron chi connectivity index (χ2n) is 7.36. The summed E-state index contributed by atoms with van der Waals surface area (Å²) in [5.41, 5.74) is 0.422. The van der Waals surface area contributed by atoms with Crippen LogP contribution < -0.4 is 4.90 Å². The Kier molecular flexibility index (Phi) is 6.21. The van der Waals surface area contributed by atoms with Gasteiger partial charge in [0, 0.05) is 24.4 Å². The van der Waals surface area contributed by atoms with Crippen LogP contribution in [0.1, 0.15) is 58.6 Å². The van der Waals surface area contributed by atoms with E-state index in [1.807, 2.05) is 46.2 Å². The first-order valence-electron chi connectivity index (χ1n) is 8.92. The Morgan fingerprint density at radius 3 is 2.65 bits per heavy atom. The second-order valence-corrected chi connectivity index (χ2v) is 7.36. The van der Waals surface area contributed by atoms with Crippen LogP contribution in [0, 0.1) is 23.7 Å². The summed E-state index contributed by atoms with van der Waals surface area (Å²) in [6, 6.07) is 4.68. The number of nitrogens with zero attached hydrogens (tertiary/aromatic N) is 1. The molecule has 2 rings (SSSR count). The Morgan fingerprint density at radius 2 is 2.04 bits per heavy atom. The van der Waals surface area contributed by atoms with E-state index in [1.165, 1.54) is 29.7 Å². The number of rotatable bonds is 4. The summed E-state index contributed by atoms with van der Waals surface area (Å²) in [6.07, 6.45) is 7.55. The van der Waals surface area contributed by atoms with Crippen molar-refractivity contribution < 1.29 is 10.0 Å². The summed E-state index contributed by atoms with van der Waals surface area (Å²) in [5.74, 6) is 6.76. The molecule has 1 unspecified atom stereocenters. The fraction of sp³-hybridized carbons (Fsp3) is 0.650. The van der Waals surface area contributed by atoms with E-state index in [-0.39, 0.29) is 11.8 Å². The smallest absolute Gasteiger partial charge is 0.139 e. The zero-order valence-electron chi connectivity index (χ0n) is 15.0. The second kappa shape index (κ2) is 7.95. The summed E-state index contributed by atoms with van der Waals surface area (Å²) in [6.45, 7) is 10.1. The molecule has 0 saturated carbocycles. The topological polar surface area (TPSA) is 37.6 Å². The molecule has 0 radical (unpaired) electrons. The van der Waals surface area contributed by atoms with Gasteiger partial charge >= 0.3 is 0 Å². The summed E-state index contributed by atoms with van der Waals surface area (Å²) >= 11 is 0. The van der Waals surface area contributed by atoms with Gasteiger partial charge in [0.2, 0.25) is 0 Å². The molecule has 2 atom stereocenters. The Hall–Kier alpha value is -1.37. The van der Waals surface area contributed by atoms with Crippen LogP contribution >= 0.6 is 0 Å². The third-order valence-corrected chi connectivity index (χ3v) is 5.18. The van der Waals surface area contributed by atoms with Crippen molar-refractivity contribution in [2.45, 2.75) is 58.6 Å². The minimum atomic E-state index is -0.890. The van der Waals surface area contributed by atoms with Gasteiger partial charge in [0.15, 0.2) is 0 Å². The Bertz CT molecular complexity index is 534. The largest absolute Gasteiger partial charge is 0.377 e. The third-order valence-electron chi connectivity index (χ3n) is 5.18. The van der Waals surface area contributed by atoms with Crippen molar-refractivity contribution in [1.82, 2.24) is 4.98 Å². The van der Waals surface area contributed by atoms with Crippen LogP contribution in [0.4, 0.5) is 0 Å². The SMILES string of the molecule is CC(C)C(O)(C#CC[NH+]1CCCC[C@H]1c1cccnc1)C(C)C. The predicted octanol–water partition coefficient (Wildman–Crippen LogP) is 2.24. The molecule has 1 aromatic rings. The minimum absolute atomic E-state index is 0.139. The first-order chi connectivity index (χ1) is 10.9. The van der Waals surface area contributed by atoms with Crippen molar-refractivity contribution in [3.05, 3.63) is 30.1 Å². The van der Waals surface area contributed by atoms with E-state index in [4.69, 9.17) is 0 Å². The van der Waals surface area contributed by atoms with Crippen LogP contribution in [0.25, 0.3) is 0 Å². The van der Waals surface area contributed by atoms with Crippen molar-refractivity contribution in [2.24, 2.45) is 11.8 Å². The highest BCUT2D eigenvalue weighted by atomic mass is 16.3. The van der Waals surface area contributed by atoms with Gasteiger partial charge in [-0.05, 0) is 36.7 Å². The number of hydrogen-bond acceptors (Lipinski definition) is 2. The van der Waals surface area contributed by atoms with Crippen LogP contribution in [0.2, 0.25) is 0 Å². The van der Waals surface area contributed by atoms with Gasteiger partial charge in [0.05, 0.1) is 6.54 Å². The average Bonchev–Trinajstić information content (AvgIpc) is 2.55. The van der Waals surface area contributed by atoms with E-state index in [2.05, 4.69) is 22.9 Å². The van der Waals surface area contributed by atoms with E-state index in [0.717, 1.165) is 13.1 Å². The van der Waals surface area contributed by atoms with Crippen LogP contribution in [-0.2, 0) is 0 Å². The molecule has 1 saturated heterocycles. The fourth-order valence-corrected chi connectivity index (χ4v) is 3.53. The van der Waals surface area contributed by atoms with Gasteiger partial charge in [-0.25, -0.2) is 0 Å². The standard InChI is InChI=1S/C20H30N2O/c1-16(2)20(23,17(3)4)11-8-14-22-13-6-5-10-19(22)18-9-7-12-21-15-18/h7,9,12,15-17,19,23H,5-6,10,13-14H2,1-4H3/p+1/t19-/m0/s1. The molecule has 1 aliphatic rings. The number of piperidine rings is 1. The quantitative estimate of drug-likeness (QED) is 0.836. The summed E-state index contributed by atoms with van der Waals surface area (Å²) in [7, 11) is 0. The maximum absolute atomic E-state index is 10.8. The van der Waals surface area contributed by atoms with Gasteiger partial charge in [-0.15, -0.1) is 0 Å². The Labute approximate surface area is 141 Å². The minimum Gasteiger partial charge on any atom is -0.377 e. The van der Waals surface area contributed by atoms with Crippen LogP contribution in [0.15, 0.2) is 24.5 Å². The molecule has 0 spiro atoms. The molecule has 2 N–H and O–H groups in total.